The first-order valence-electron chi connectivity index (χ1n) is 16.4. The molecule has 2 saturated carbocycles. The van der Waals surface area contributed by atoms with Crippen LogP contribution in [0.15, 0.2) is 47.4 Å². The van der Waals surface area contributed by atoms with Gasteiger partial charge in [0.25, 0.3) is 0 Å². The number of rotatable bonds is 13. The van der Waals surface area contributed by atoms with Crippen LogP contribution in [0, 0.1) is 23.6 Å². The number of aliphatic hydroxyl groups is 1. The number of hydrogen-bond donors (Lipinski definition) is 3. The minimum absolute atomic E-state index is 0.0484. The Labute approximate surface area is 277 Å². The van der Waals surface area contributed by atoms with E-state index in [1.807, 2.05) is 13.8 Å². The van der Waals surface area contributed by atoms with Crippen LogP contribution < -0.4 is 10.6 Å². The van der Waals surface area contributed by atoms with E-state index in [0.717, 1.165) is 29.1 Å². The van der Waals surface area contributed by atoms with E-state index in [-0.39, 0.29) is 48.6 Å². The van der Waals surface area contributed by atoms with Crippen LogP contribution in [0.1, 0.15) is 45.1 Å². The van der Waals surface area contributed by atoms with E-state index >= 15 is 0 Å². The predicted octanol–water partition coefficient (Wildman–Crippen LogP) is 4.50. The van der Waals surface area contributed by atoms with Gasteiger partial charge in [0, 0.05) is 25.0 Å². The first-order valence-corrected chi connectivity index (χ1v) is 18.6. The van der Waals surface area contributed by atoms with Gasteiger partial charge in [0.1, 0.15) is 11.9 Å². The number of hydrogen-bond acceptors (Lipinski definition) is 10. The molecule has 2 aliphatic carbocycles. The first kappa shape index (κ1) is 32.7. The van der Waals surface area contributed by atoms with Crippen molar-refractivity contribution in [3.8, 4) is 0 Å². The summed E-state index contributed by atoms with van der Waals surface area (Å²) in [6, 6.07) is 10.1. The lowest BCUT2D eigenvalue weighted by Crippen LogP contribution is -2.52. The van der Waals surface area contributed by atoms with Gasteiger partial charge in [-0.15, -0.1) is 0 Å². The monoisotopic (exact) mass is 688 g/mol. The third kappa shape index (κ3) is 7.27. The molecule has 0 radical (unpaired) electrons. The van der Waals surface area contributed by atoms with Gasteiger partial charge in [-0.2, -0.15) is 4.31 Å². The molecule has 0 spiro atoms. The number of benzene rings is 2. The van der Waals surface area contributed by atoms with Crippen LogP contribution in [0.25, 0.3) is 10.2 Å². The Hall–Kier alpha value is -2.88. The molecule has 3 heterocycles. The van der Waals surface area contributed by atoms with E-state index in [0.29, 0.717) is 36.1 Å². The number of carbonyl (C=O) groups excluding carboxylic acids is 1. The zero-order chi connectivity index (χ0) is 32.9. The number of nitrogens with one attached hydrogen (secondary N) is 2. The Bertz CT molecular complexity index is 1700. The lowest BCUT2D eigenvalue weighted by Gasteiger charge is -2.33. The van der Waals surface area contributed by atoms with Crippen molar-refractivity contribution in [2.75, 3.05) is 25.0 Å². The van der Waals surface area contributed by atoms with Gasteiger partial charge in [-0.1, -0.05) is 37.3 Å². The molecule has 7 atom stereocenters. The highest BCUT2D eigenvalue weighted by atomic mass is 32.2. The molecule has 11 nitrogen and oxygen atoms in total. The molecule has 47 heavy (non-hydrogen) atoms. The minimum atomic E-state index is -4.05. The first-order chi connectivity index (χ1) is 22.5. The Balaban J connectivity index is 1.09. The Morgan fingerprint density at radius 2 is 1.96 bits per heavy atom. The second-order valence-corrected chi connectivity index (χ2v) is 16.6. The summed E-state index contributed by atoms with van der Waals surface area (Å²) in [4.78, 5) is 18.0. The molecular formula is C33H41FN4O7S2. The minimum Gasteiger partial charge on any atom is -0.443 e. The van der Waals surface area contributed by atoms with Gasteiger partial charge in [-0.25, -0.2) is 22.6 Å². The second kappa shape index (κ2) is 13.2. The average Bonchev–Trinajstić information content (AvgIpc) is 3.43. The molecule has 3 aromatic rings. The van der Waals surface area contributed by atoms with Gasteiger partial charge in [0.05, 0.1) is 40.0 Å². The largest absolute Gasteiger partial charge is 0.443 e. The summed E-state index contributed by atoms with van der Waals surface area (Å²) in [5.74, 6) is 0.124. The van der Waals surface area contributed by atoms with Gasteiger partial charge in [-0.05, 0) is 79.8 Å². The maximum atomic E-state index is 14.1. The highest BCUT2D eigenvalue weighted by Crippen LogP contribution is 2.47. The number of thiazole rings is 1. The standard InChI is InChI=1S/C33H41FN4O7S2/c1-18(2)15-38(47(41,42)23-9-10-25-30(13-23)46-32(36-25)35-22-7-8-22)16-27(39)26(11-19-3-5-21(34)6-4-19)37-33(40)45-28-12-20-17-43-31-24(20)14-29(28)44-31/h3-6,9-10,13,18,20,22,24,26-29,31,39H,7-8,11-12,14-17H2,1-2H3,(H,35,36)(H,37,40)/t20?,24?,26-,27+,28-,29?,31?/m0/s1. The summed E-state index contributed by atoms with van der Waals surface area (Å²) in [7, 11) is -4.05. The number of amides is 1. The van der Waals surface area contributed by atoms with Gasteiger partial charge in [0.2, 0.25) is 10.0 Å². The molecular weight excluding hydrogens is 648 g/mol. The van der Waals surface area contributed by atoms with Crippen molar-refractivity contribution >= 4 is 42.8 Å². The van der Waals surface area contributed by atoms with Crippen molar-refractivity contribution in [2.45, 2.75) is 87.5 Å². The number of alkyl carbamates (subject to hydrolysis) is 1. The molecule has 2 bridgehead atoms. The molecule has 1 amide bonds. The molecule has 3 N–H and O–H groups in total. The fourth-order valence-corrected chi connectivity index (χ4v) is 9.56. The van der Waals surface area contributed by atoms with E-state index in [2.05, 4.69) is 15.6 Å². The van der Waals surface area contributed by atoms with Crippen LogP contribution in [-0.2, 0) is 30.7 Å². The summed E-state index contributed by atoms with van der Waals surface area (Å²) >= 11 is 1.41. The van der Waals surface area contributed by atoms with Crippen molar-refractivity contribution in [1.82, 2.24) is 14.6 Å². The highest BCUT2D eigenvalue weighted by Gasteiger charge is 2.54. The smallest absolute Gasteiger partial charge is 0.407 e. The van der Waals surface area contributed by atoms with Crippen molar-refractivity contribution in [3.63, 3.8) is 0 Å². The van der Waals surface area contributed by atoms with Crippen molar-refractivity contribution in [1.29, 1.82) is 0 Å². The summed E-state index contributed by atoms with van der Waals surface area (Å²) in [5, 5.41) is 18.6. The summed E-state index contributed by atoms with van der Waals surface area (Å²) in [6.45, 7) is 4.25. The maximum Gasteiger partial charge on any atom is 0.407 e. The molecule has 4 aliphatic rings. The van der Waals surface area contributed by atoms with E-state index in [4.69, 9.17) is 14.2 Å². The van der Waals surface area contributed by atoms with E-state index in [1.54, 1.807) is 30.3 Å². The van der Waals surface area contributed by atoms with Crippen molar-refractivity contribution < 1.29 is 36.9 Å². The molecule has 2 aliphatic heterocycles. The number of ether oxygens (including phenoxy) is 3. The number of aliphatic hydroxyl groups excluding tert-OH is 1. The number of fused-ring (bicyclic) bond motifs is 2. The van der Waals surface area contributed by atoms with Crippen LogP contribution in [0.3, 0.4) is 0 Å². The SMILES string of the molecule is CC(C)CN(C[C@@H](O)[C@H](Cc1ccc(F)cc1)NC(=O)O[C@H]1CC2COC3OC1CC23)S(=O)(=O)c1ccc2nc(NC3CC3)sc2c1. The van der Waals surface area contributed by atoms with Gasteiger partial charge >= 0.3 is 6.09 Å². The van der Waals surface area contributed by atoms with Crippen molar-refractivity contribution in [3.05, 3.63) is 53.8 Å². The normalized spacial score (nSPS) is 26.6. The van der Waals surface area contributed by atoms with Crippen LogP contribution in [0.5, 0.6) is 0 Å². The quantitative estimate of drug-likeness (QED) is 0.237. The Morgan fingerprint density at radius 3 is 2.70 bits per heavy atom. The number of anilines is 1. The predicted molar refractivity (Wildman–Crippen MR) is 174 cm³/mol. The fraction of sp³-hybridized carbons (Fsp3) is 0.576. The van der Waals surface area contributed by atoms with Crippen LogP contribution in [0.4, 0.5) is 14.3 Å². The summed E-state index contributed by atoms with van der Waals surface area (Å²) in [6.07, 6.45) is 0.732. The molecule has 1 aromatic heterocycles. The lowest BCUT2D eigenvalue weighted by atomic mass is 9.80. The van der Waals surface area contributed by atoms with Crippen LogP contribution in [-0.4, -0.2) is 85.3 Å². The molecule has 14 heteroatoms. The van der Waals surface area contributed by atoms with Gasteiger partial charge in [0.15, 0.2) is 11.4 Å². The number of aromatic nitrogens is 1. The topological polar surface area (TPSA) is 139 Å². The third-order valence-electron chi connectivity index (χ3n) is 9.45. The molecule has 2 aromatic carbocycles. The zero-order valence-corrected chi connectivity index (χ0v) is 28.0. The fourth-order valence-electron chi connectivity index (χ4n) is 6.86. The number of halogens is 1. The van der Waals surface area contributed by atoms with Gasteiger partial charge in [-0.3, -0.25) is 0 Å². The van der Waals surface area contributed by atoms with Crippen LogP contribution >= 0.6 is 11.3 Å². The highest BCUT2D eigenvalue weighted by molar-refractivity contribution is 7.89. The summed E-state index contributed by atoms with van der Waals surface area (Å²) in [5.41, 5.74) is 1.38. The molecule has 254 valence electrons. The number of sulfonamides is 1. The molecule has 4 unspecified atom stereocenters. The molecule has 4 fully saturated rings. The molecule has 7 rings (SSSR count). The van der Waals surface area contributed by atoms with E-state index < -0.39 is 40.2 Å². The number of carbonyl (C=O) groups is 1. The van der Waals surface area contributed by atoms with Crippen LogP contribution in [0.2, 0.25) is 0 Å². The van der Waals surface area contributed by atoms with E-state index in [9.17, 15) is 22.7 Å². The average molecular weight is 689 g/mol. The maximum absolute atomic E-state index is 14.1. The second-order valence-electron chi connectivity index (χ2n) is 13.6. The van der Waals surface area contributed by atoms with E-state index in [1.165, 1.54) is 27.8 Å². The zero-order valence-electron chi connectivity index (χ0n) is 26.4. The molecule has 2 saturated heterocycles. The Morgan fingerprint density at radius 1 is 1.17 bits per heavy atom. The van der Waals surface area contributed by atoms with Crippen molar-refractivity contribution in [2.24, 2.45) is 17.8 Å². The number of nitrogens with zero attached hydrogens (tertiary/aromatic N) is 2. The lowest BCUT2D eigenvalue weighted by molar-refractivity contribution is -0.147. The Kier molecular flexibility index (Phi) is 9.17. The summed E-state index contributed by atoms with van der Waals surface area (Å²) < 4.78 is 61.4. The third-order valence-corrected chi connectivity index (χ3v) is 12.2. The van der Waals surface area contributed by atoms with Gasteiger partial charge < -0.3 is 30.0 Å².